The van der Waals surface area contributed by atoms with Crippen molar-refractivity contribution >= 4 is 11.6 Å². The van der Waals surface area contributed by atoms with Crippen LogP contribution in [-0.4, -0.2) is 26.7 Å². The zero-order chi connectivity index (χ0) is 17.4. The fourth-order valence-corrected chi connectivity index (χ4v) is 3.39. The van der Waals surface area contributed by atoms with E-state index in [1.165, 1.54) is 0 Å². The zero-order valence-corrected chi connectivity index (χ0v) is 14.1. The van der Waals surface area contributed by atoms with E-state index in [-0.39, 0.29) is 11.5 Å². The normalized spacial score (nSPS) is 13.7. The number of nitrogens with zero attached hydrogens (tertiary/aromatic N) is 3. The summed E-state index contributed by atoms with van der Waals surface area (Å²) in [6.07, 6.45) is 0.979. The summed E-state index contributed by atoms with van der Waals surface area (Å²) in [5.41, 5.74) is 3.91. The molecule has 3 aromatic rings. The minimum atomic E-state index is -0.0599. The van der Waals surface area contributed by atoms with Crippen molar-refractivity contribution in [3.8, 4) is 0 Å². The molecule has 0 unspecified atom stereocenters. The molecule has 1 aromatic carbocycles. The Hall–Kier alpha value is -2.95. The highest BCUT2D eigenvalue weighted by Crippen LogP contribution is 2.17. The minimum absolute atomic E-state index is 0.0473. The number of carbonyl (C=O) groups is 1. The standard InChI is InChI=1S/C20H19N3O2/c1-14-6-5-9-18-21-17-10-11-22(13-16(17)20(25)23(14)18)19(24)12-15-7-3-2-4-8-15/h2-9H,10-13H2,1H3. The molecule has 1 aliphatic rings. The van der Waals surface area contributed by atoms with Crippen molar-refractivity contribution in [1.82, 2.24) is 14.3 Å². The average Bonchev–Trinajstić information content (AvgIpc) is 2.62. The first-order valence-electron chi connectivity index (χ1n) is 8.45. The molecule has 0 saturated heterocycles. The predicted molar refractivity (Wildman–Crippen MR) is 95.5 cm³/mol. The zero-order valence-electron chi connectivity index (χ0n) is 14.1. The summed E-state index contributed by atoms with van der Waals surface area (Å²) in [6, 6.07) is 15.3. The molecule has 5 heteroatoms. The van der Waals surface area contributed by atoms with Crippen LogP contribution in [0.2, 0.25) is 0 Å². The Morgan fingerprint density at radius 2 is 1.92 bits per heavy atom. The van der Waals surface area contributed by atoms with Gasteiger partial charge in [0.1, 0.15) is 5.65 Å². The van der Waals surface area contributed by atoms with Gasteiger partial charge in [-0.3, -0.25) is 14.0 Å². The van der Waals surface area contributed by atoms with Crippen molar-refractivity contribution in [3.63, 3.8) is 0 Å². The second-order valence-electron chi connectivity index (χ2n) is 6.43. The molecular formula is C20H19N3O2. The molecule has 126 valence electrons. The molecule has 0 fully saturated rings. The highest BCUT2D eigenvalue weighted by atomic mass is 16.2. The van der Waals surface area contributed by atoms with E-state index < -0.39 is 0 Å². The quantitative estimate of drug-likeness (QED) is 0.722. The molecule has 0 aliphatic carbocycles. The monoisotopic (exact) mass is 333 g/mol. The number of amides is 1. The Morgan fingerprint density at radius 1 is 1.12 bits per heavy atom. The van der Waals surface area contributed by atoms with Gasteiger partial charge in [-0.1, -0.05) is 36.4 Å². The summed E-state index contributed by atoms with van der Waals surface area (Å²) in [5, 5.41) is 0. The van der Waals surface area contributed by atoms with Gasteiger partial charge in [0.25, 0.3) is 5.56 Å². The van der Waals surface area contributed by atoms with Gasteiger partial charge < -0.3 is 4.90 Å². The molecule has 0 spiro atoms. The molecule has 1 amide bonds. The summed E-state index contributed by atoms with van der Waals surface area (Å²) in [4.78, 5) is 31.9. The molecule has 0 N–H and O–H groups in total. The number of aryl methyl sites for hydroxylation is 1. The van der Waals surface area contributed by atoms with Crippen LogP contribution in [0.5, 0.6) is 0 Å². The van der Waals surface area contributed by atoms with Gasteiger partial charge in [0.2, 0.25) is 5.91 Å². The van der Waals surface area contributed by atoms with E-state index in [1.807, 2.05) is 55.5 Å². The molecule has 0 radical (unpaired) electrons. The van der Waals surface area contributed by atoms with Crippen LogP contribution in [0.15, 0.2) is 53.3 Å². The molecule has 1 aliphatic heterocycles. The second kappa shape index (κ2) is 6.16. The van der Waals surface area contributed by atoms with Crippen molar-refractivity contribution in [2.45, 2.75) is 26.3 Å². The van der Waals surface area contributed by atoms with Crippen molar-refractivity contribution in [1.29, 1.82) is 0 Å². The second-order valence-corrected chi connectivity index (χ2v) is 6.43. The molecule has 2 aromatic heterocycles. The first-order valence-corrected chi connectivity index (χ1v) is 8.45. The number of pyridine rings is 1. The Labute approximate surface area is 145 Å². The van der Waals surface area contributed by atoms with Gasteiger partial charge in [-0.25, -0.2) is 4.98 Å². The lowest BCUT2D eigenvalue weighted by Gasteiger charge is -2.28. The van der Waals surface area contributed by atoms with E-state index in [0.29, 0.717) is 37.1 Å². The third-order valence-corrected chi connectivity index (χ3v) is 4.74. The number of carbonyl (C=O) groups excluding carboxylic acids is 1. The van der Waals surface area contributed by atoms with Crippen LogP contribution < -0.4 is 5.56 Å². The van der Waals surface area contributed by atoms with Gasteiger partial charge in [0.05, 0.1) is 24.2 Å². The van der Waals surface area contributed by atoms with E-state index in [4.69, 9.17) is 0 Å². The van der Waals surface area contributed by atoms with Gasteiger partial charge in [-0.2, -0.15) is 0 Å². The van der Waals surface area contributed by atoms with Gasteiger partial charge >= 0.3 is 0 Å². The lowest BCUT2D eigenvalue weighted by atomic mass is 10.0. The SMILES string of the molecule is Cc1cccc2nc3c(c(=O)n12)CN(C(=O)Cc1ccccc1)CC3. The van der Waals surface area contributed by atoms with E-state index in [1.54, 1.807) is 9.30 Å². The molecule has 0 atom stereocenters. The van der Waals surface area contributed by atoms with Crippen molar-refractivity contribution in [2.24, 2.45) is 0 Å². The van der Waals surface area contributed by atoms with Crippen molar-refractivity contribution < 1.29 is 4.79 Å². The third-order valence-electron chi connectivity index (χ3n) is 4.74. The molecular weight excluding hydrogens is 314 g/mol. The fourth-order valence-electron chi connectivity index (χ4n) is 3.39. The molecule has 3 heterocycles. The highest BCUT2D eigenvalue weighted by molar-refractivity contribution is 5.79. The van der Waals surface area contributed by atoms with Crippen LogP contribution in [0, 0.1) is 6.92 Å². The first-order chi connectivity index (χ1) is 12.1. The first kappa shape index (κ1) is 15.6. The Balaban J connectivity index is 1.66. The lowest BCUT2D eigenvalue weighted by Crippen LogP contribution is -2.41. The molecule has 4 rings (SSSR count). The molecule has 0 saturated carbocycles. The topological polar surface area (TPSA) is 54.7 Å². The van der Waals surface area contributed by atoms with E-state index in [0.717, 1.165) is 17.0 Å². The maximum atomic E-state index is 12.9. The van der Waals surface area contributed by atoms with Gasteiger partial charge in [0, 0.05) is 18.7 Å². The number of hydrogen-bond acceptors (Lipinski definition) is 3. The number of hydrogen-bond donors (Lipinski definition) is 0. The average molecular weight is 333 g/mol. The molecule has 0 bridgehead atoms. The molecule has 25 heavy (non-hydrogen) atoms. The van der Waals surface area contributed by atoms with Crippen LogP contribution >= 0.6 is 0 Å². The van der Waals surface area contributed by atoms with Crippen LogP contribution in [-0.2, 0) is 24.2 Å². The maximum absolute atomic E-state index is 12.9. The Kier molecular flexibility index (Phi) is 3.84. The summed E-state index contributed by atoms with van der Waals surface area (Å²) in [5.74, 6) is 0.0473. The third kappa shape index (κ3) is 2.82. The van der Waals surface area contributed by atoms with Crippen LogP contribution in [0.25, 0.3) is 5.65 Å². The summed E-state index contributed by atoms with van der Waals surface area (Å²) >= 11 is 0. The summed E-state index contributed by atoms with van der Waals surface area (Å²) in [6.45, 7) is 2.83. The molecule has 5 nitrogen and oxygen atoms in total. The largest absolute Gasteiger partial charge is 0.337 e. The van der Waals surface area contributed by atoms with E-state index >= 15 is 0 Å². The van der Waals surface area contributed by atoms with Crippen molar-refractivity contribution in [3.05, 3.63) is 81.4 Å². The smallest absolute Gasteiger partial charge is 0.263 e. The lowest BCUT2D eigenvalue weighted by molar-refractivity contribution is -0.131. The number of fused-ring (bicyclic) bond motifs is 2. The van der Waals surface area contributed by atoms with E-state index in [2.05, 4.69) is 4.98 Å². The number of benzene rings is 1. The van der Waals surface area contributed by atoms with Crippen molar-refractivity contribution in [2.75, 3.05) is 6.54 Å². The van der Waals surface area contributed by atoms with Crippen LogP contribution in [0.1, 0.15) is 22.5 Å². The number of aromatic nitrogens is 2. The summed E-state index contributed by atoms with van der Waals surface area (Å²) in [7, 11) is 0. The predicted octanol–water partition coefficient (Wildman–Crippen LogP) is 2.13. The highest BCUT2D eigenvalue weighted by Gasteiger charge is 2.25. The minimum Gasteiger partial charge on any atom is -0.337 e. The fraction of sp³-hybridized carbons (Fsp3) is 0.250. The van der Waals surface area contributed by atoms with E-state index in [9.17, 15) is 9.59 Å². The summed E-state index contributed by atoms with van der Waals surface area (Å²) < 4.78 is 1.63. The van der Waals surface area contributed by atoms with Gasteiger partial charge in [0.15, 0.2) is 0 Å². The van der Waals surface area contributed by atoms with Crippen LogP contribution in [0.3, 0.4) is 0 Å². The Bertz CT molecular complexity index is 1010. The number of rotatable bonds is 2. The van der Waals surface area contributed by atoms with Gasteiger partial charge in [-0.15, -0.1) is 0 Å². The van der Waals surface area contributed by atoms with Gasteiger partial charge in [-0.05, 0) is 24.6 Å². The van der Waals surface area contributed by atoms with Crippen LogP contribution in [0.4, 0.5) is 0 Å². The Morgan fingerprint density at radius 3 is 2.72 bits per heavy atom. The maximum Gasteiger partial charge on any atom is 0.263 e.